The van der Waals surface area contributed by atoms with Gasteiger partial charge in [0, 0.05) is 17.5 Å². The van der Waals surface area contributed by atoms with Crippen LogP contribution in [0.2, 0.25) is 0 Å². The van der Waals surface area contributed by atoms with Gasteiger partial charge in [0.1, 0.15) is 5.82 Å². The zero-order chi connectivity index (χ0) is 16.5. The van der Waals surface area contributed by atoms with Crippen molar-refractivity contribution in [2.45, 2.75) is 25.7 Å². The van der Waals surface area contributed by atoms with E-state index in [1.165, 1.54) is 10.1 Å². The van der Waals surface area contributed by atoms with Crippen molar-refractivity contribution in [3.05, 3.63) is 65.0 Å². The smallest absolute Gasteiger partial charge is 0.258 e. The molecule has 0 unspecified atom stereocenters. The molecule has 0 spiro atoms. The third kappa shape index (κ3) is 2.46. The summed E-state index contributed by atoms with van der Waals surface area (Å²) < 4.78 is 1.31. The Kier molecular flexibility index (Phi) is 3.57. The molecule has 2 aromatic heterocycles. The molecule has 122 valence electrons. The zero-order valence-electron chi connectivity index (χ0n) is 13.1. The molecular weight excluding hydrogens is 304 g/mol. The number of fused-ring (bicyclic) bond motifs is 1. The normalized spacial score (nSPS) is 13.2. The highest BCUT2D eigenvalue weighted by molar-refractivity contribution is 5.52. The molecule has 6 nitrogen and oxygen atoms in total. The van der Waals surface area contributed by atoms with Crippen molar-refractivity contribution in [2.24, 2.45) is 0 Å². The third-order valence-corrected chi connectivity index (χ3v) is 4.35. The molecule has 0 bridgehead atoms. The highest BCUT2D eigenvalue weighted by atomic mass is 16.3. The number of nitrogens with one attached hydrogen (secondary N) is 1. The first-order valence-electron chi connectivity index (χ1n) is 7.99. The Bertz CT molecular complexity index is 862. The van der Waals surface area contributed by atoms with Gasteiger partial charge in [-0.05, 0) is 24.8 Å². The Balaban J connectivity index is 1.58. The maximum atomic E-state index is 10.4. The minimum absolute atomic E-state index is 0.0143. The van der Waals surface area contributed by atoms with Gasteiger partial charge in [-0.1, -0.05) is 42.5 Å². The third-order valence-electron chi connectivity index (χ3n) is 4.35. The SMILES string of the molecule is Oc1c2c(c(O)n1-c1n[nH]c(CCc3ccccc3)n1)CC=CC2. The van der Waals surface area contributed by atoms with E-state index in [0.717, 1.165) is 23.4 Å². The van der Waals surface area contributed by atoms with Crippen molar-refractivity contribution >= 4 is 0 Å². The molecular formula is C18H18N4O2. The van der Waals surface area contributed by atoms with Gasteiger partial charge in [-0.25, -0.2) is 4.57 Å². The molecule has 24 heavy (non-hydrogen) atoms. The number of aromatic amines is 1. The second-order valence-electron chi connectivity index (χ2n) is 5.89. The van der Waals surface area contributed by atoms with E-state index in [1.807, 2.05) is 30.4 Å². The summed E-state index contributed by atoms with van der Waals surface area (Å²) in [5, 5.41) is 27.8. The maximum absolute atomic E-state index is 10.4. The van der Waals surface area contributed by atoms with Crippen molar-refractivity contribution in [3.63, 3.8) is 0 Å². The molecule has 0 amide bonds. The van der Waals surface area contributed by atoms with Crippen LogP contribution in [0.3, 0.4) is 0 Å². The van der Waals surface area contributed by atoms with Crippen molar-refractivity contribution in [1.29, 1.82) is 0 Å². The van der Waals surface area contributed by atoms with Crippen LogP contribution in [0.1, 0.15) is 22.5 Å². The van der Waals surface area contributed by atoms with Gasteiger partial charge in [-0.2, -0.15) is 4.98 Å². The van der Waals surface area contributed by atoms with Crippen LogP contribution in [-0.4, -0.2) is 30.0 Å². The topological polar surface area (TPSA) is 87.0 Å². The molecule has 3 aromatic rings. The summed E-state index contributed by atoms with van der Waals surface area (Å²) >= 11 is 0. The average Bonchev–Trinajstić information content (AvgIpc) is 3.18. The Labute approximate surface area is 139 Å². The van der Waals surface area contributed by atoms with Gasteiger partial charge in [0.05, 0.1) is 0 Å². The summed E-state index contributed by atoms with van der Waals surface area (Å²) in [6, 6.07) is 10.2. The van der Waals surface area contributed by atoms with Crippen molar-refractivity contribution < 1.29 is 10.2 Å². The van der Waals surface area contributed by atoms with E-state index < -0.39 is 0 Å². The van der Waals surface area contributed by atoms with Gasteiger partial charge in [-0.15, -0.1) is 5.10 Å². The van der Waals surface area contributed by atoms with Gasteiger partial charge in [0.15, 0.2) is 0 Å². The highest BCUT2D eigenvalue weighted by Gasteiger charge is 2.25. The predicted molar refractivity (Wildman–Crippen MR) is 89.4 cm³/mol. The number of aryl methyl sites for hydroxylation is 2. The predicted octanol–water partition coefficient (Wildman–Crippen LogP) is 2.45. The number of allylic oxidation sites excluding steroid dienone is 2. The number of hydrogen-bond acceptors (Lipinski definition) is 4. The van der Waals surface area contributed by atoms with E-state index in [2.05, 4.69) is 27.3 Å². The van der Waals surface area contributed by atoms with Gasteiger partial charge in [0.25, 0.3) is 5.95 Å². The number of H-pyrrole nitrogens is 1. The van der Waals surface area contributed by atoms with Gasteiger partial charge in [0.2, 0.25) is 11.8 Å². The van der Waals surface area contributed by atoms with Gasteiger partial charge < -0.3 is 10.2 Å². The molecule has 1 aliphatic carbocycles. The summed E-state index contributed by atoms with van der Waals surface area (Å²) in [5.74, 6) is 1.01. The molecule has 0 aliphatic heterocycles. The fourth-order valence-electron chi connectivity index (χ4n) is 3.07. The van der Waals surface area contributed by atoms with Crippen LogP contribution < -0.4 is 0 Å². The molecule has 6 heteroatoms. The number of rotatable bonds is 4. The molecule has 0 saturated heterocycles. The largest absolute Gasteiger partial charge is 0.494 e. The first-order valence-corrected chi connectivity index (χ1v) is 7.99. The first-order chi connectivity index (χ1) is 11.7. The van der Waals surface area contributed by atoms with Crippen LogP contribution in [-0.2, 0) is 25.7 Å². The van der Waals surface area contributed by atoms with Gasteiger partial charge >= 0.3 is 0 Å². The van der Waals surface area contributed by atoms with Crippen LogP contribution in [0.5, 0.6) is 11.8 Å². The Morgan fingerprint density at radius 3 is 2.29 bits per heavy atom. The highest BCUT2D eigenvalue weighted by Crippen LogP contribution is 2.38. The molecule has 4 rings (SSSR count). The number of aromatic hydroxyl groups is 2. The maximum Gasteiger partial charge on any atom is 0.258 e. The average molecular weight is 322 g/mol. The summed E-state index contributed by atoms with van der Waals surface area (Å²) in [7, 11) is 0. The minimum Gasteiger partial charge on any atom is -0.494 e. The Morgan fingerprint density at radius 2 is 1.62 bits per heavy atom. The lowest BCUT2D eigenvalue weighted by Gasteiger charge is -2.03. The number of aromatic nitrogens is 4. The van der Waals surface area contributed by atoms with Crippen LogP contribution in [0, 0.1) is 0 Å². The number of benzene rings is 1. The van der Waals surface area contributed by atoms with Crippen LogP contribution in [0.15, 0.2) is 42.5 Å². The summed E-state index contributed by atoms with van der Waals surface area (Å²) in [5.41, 5.74) is 2.71. The van der Waals surface area contributed by atoms with Crippen molar-refractivity contribution in [2.75, 3.05) is 0 Å². The zero-order valence-corrected chi connectivity index (χ0v) is 13.1. The van der Waals surface area contributed by atoms with Crippen LogP contribution in [0.25, 0.3) is 5.95 Å². The van der Waals surface area contributed by atoms with Gasteiger partial charge in [-0.3, -0.25) is 5.10 Å². The van der Waals surface area contributed by atoms with Crippen molar-refractivity contribution in [1.82, 2.24) is 19.7 Å². The van der Waals surface area contributed by atoms with E-state index in [0.29, 0.717) is 19.3 Å². The van der Waals surface area contributed by atoms with E-state index in [4.69, 9.17) is 0 Å². The molecule has 0 atom stereocenters. The Hall–Kier alpha value is -3.02. The lowest BCUT2D eigenvalue weighted by Crippen LogP contribution is -1.97. The van der Waals surface area contributed by atoms with Crippen LogP contribution in [0.4, 0.5) is 0 Å². The minimum atomic E-state index is 0.0143. The molecule has 0 radical (unpaired) electrons. The van der Waals surface area contributed by atoms with E-state index >= 15 is 0 Å². The van der Waals surface area contributed by atoms with E-state index in [1.54, 1.807) is 0 Å². The molecule has 0 saturated carbocycles. The lowest BCUT2D eigenvalue weighted by molar-refractivity contribution is 0.396. The molecule has 3 N–H and O–H groups in total. The van der Waals surface area contributed by atoms with Crippen LogP contribution >= 0.6 is 0 Å². The van der Waals surface area contributed by atoms with E-state index in [-0.39, 0.29) is 17.7 Å². The standard InChI is InChI=1S/C18H18N4O2/c23-16-13-8-4-5-9-14(13)17(24)22(16)18-19-15(20-21-18)11-10-12-6-2-1-3-7-12/h1-7,23-24H,8-11H2,(H,19,20,21). The summed E-state index contributed by atoms with van der Waals surface area (Å²) in [4.78, 5) is 4.42. The lowest BCUT2D eigenvalue weighted by atomic mass is 10.0. The Morgan fingerprint density at radius 1 is 0.958 bits per heavy atom. The summed E-state index contributed by atoms with van der Waals surface area (Å²) in [6.45, 7) is 0. The molecule has 1 aliphatic rings. The second kappa shape index (κ2) is 5.88. The summed E-state index contributed by atoms with van der Waals surface area (Å²) in [6.07, 6.45) is 6.73. The van der Waals surface area contributed by atoms with E-state index in [9.17, 15) is 10.2 Å². The molecule has 2 heterocycles. The quantitative estimate of drug-likeness (QED) is 0.644. The fourth-order valence-corrected chi connectivity index (χ4v) is 3.07. The monoisotopic (exact) mass is 322 g/mol. The molecule has 0 fully saturated rings. The molecule has 1 aromatic carbocycles. The number of nitrogens with zero attached hydrogens (tertiary/aromatic N) is 3. The fraction of sp³-hybridized carbons (Fsp3) is 0.222. The van der Waals surface area contributed by atoms with Crippen molar-refractivity contribution in [3.8, 4) is 17.7 Å². The first kappa shape index (κ1) is 14.6. The second-order valence-corrected chi connectivity index (χ2v) is 5.89. The number of hydrogen-bond donors (Lipinski definition) is 3.